The lowest BCUT2D eigenvalue weighted by Crippen LogP contribution is -2.29. The fourth-order valence-electron chi connectivity index (χ4n) is 4.19. The van der Waals surface area contributed by atoms with Gasteiger partial charge in [0.1, 0.15) is 11.2 Å². The number of rotatable bonds is 3. The molecule has 30 heavy (non-hydrogen) atoms. The largest absolute Gasteiger partial charge is 0.393 e. The third-order valence-electron chi connectivity index (χ3n) is 5.81. The standard InChI is InChI=1S/C21H23N7O2/c1-26-10-13(8-23-26)18-7-17-20(19(25-18)14-9-24-27(2)11-14)22-12-28(21(17)30)15-3-5-16(29)6-4-15/h7-12,15-16,29H,3-6H2,1-2H3. The van der Waals surface area contributed by atoms with Crippen molar-refractivity contribution in [2.45, 2.75) is 37.8 Å². The molecule has 1 saturated carbocycles. The van der Waals surface area contributed by atoms with Crippen LogP contribution >= 0.6 is 0 Å². The molecule has 0 amide bonds. The quantitative estimate of drug-likeness (QED) is 0.560. The van der Waals surface area contributed by atoms with Gasteiger partial charge in [-0.1, -0.05) is 0 Å². The highest BCUT2D eigenvalue weighted by Crippen LogP contribution is 2.30. The summed E-state index contributed by atoms with van der Waals surface area (Å²) in [7, 11) is 3.69. The summed E-state index contributed by atoms with van der Waals surface area (Å²) in [5.74, 6) is 0. The van der Waals surface area contributed by atoms with Crippen molar-refractivity contribution in [3.05, 3.63) is 47.5 Å². The van der Waals surface area contributed by atoms with Gasteiger partial charge < -0.3 is 5.11 Å². The van der Waals surface area contributed by atoms with Crippen molar-refractivity contribution in [3.8, 4) is 22.5 Å². The van der Waals surface area contributed by atoms with Crippen LogP contribution in [0.15, 0.2) is 42.0 Å². The molecule has 9 nitrogen and oxygen atoms in total. The number of hydrogen-bond donors (Lipinski definition) is 1. The first-order valence-electron chi connectivity index (χ1n) is 10.1. The lowest BCUT2D eigenvalue weighted by Gasteiger charge is -2.27. The predicted octanol–water partition coefficient (Wildman–Crippen LogP) is 2.07. The lowest BCUT2D eigenvalue weighted by molar-refractivity contribution is 0.110. The third kappa shape index (κ3) is 3.21. The van der Waals surface area contributed by atoms with Crippen LogP contribution in [0.5, 0.6) is 0 Å². The summed E-state index contributed by atoms with van der Waals surface area (Å²) in [6, 6.07) is 1.85. The first-order valence-corrected chi connectivity index (χ1v) is 10.1. The minimum Gasteiger partial charge on any atom is -0.393 e. The fourth-order valence-corrected chi connectivity index (χ4v) is 4.19. The first-order chi connectivity index (χ1) is 14.5. The van der Waals surface area contributed by atoms with Crippen molar-refractivity contribution in [1.29, 1.82) is 0 Å². The van der Waals surface area contributed by atoms with Crippen molar-refractivity contribution in [3.63, 3.8) is 0 Å². The van der Waals surface area contributed by atoms with Crippen LogP contribution in [0.4, 0.5) is 0 Å². The van der Waals surface area contributed by atoms with Gasteiger partial charge >= 0.3 is 0 Å². The molecule has 1 fully saturated rings. The number of fused-ring (bicyclic) bond motifs is 1. The number of aliphatic hydroxyl groups excluding tert-OH is 1. The third-order valence-corrected chi connectivity index (χ3v) is 5.81. The van der Waals surface area contributed by atoms with Crippen LogP contribution in [0.2, 0.25) is 0 Å². The number of hydrogen-bond acceptors (Lipinski definition) is 6. The van der Waals surface area contributed by atoms with E-state index in [1.54, 1.807) is 38.7 Å². The summed E-state index contributed by atoms with van der Waals surface area (Å²) in [4.78, 5) is 22.9. The molecular weight excluding hydrogens is 382 g/mol. The number of pyridine rings is 1. The van der Waals surface area contributed by atoms with Crippen LogP contribution in [0.25, 0.3) is 33.4 Å². The zero-order valence-electron chi connectivity index (χ0n) is 16.9. The molecule has 0 saturated heterocycles. The maximum atomic E-state index is 13.5. The molecule has 0 aliphatic heterocycles. The van der Waals surface area contributed by atoms with Crippen LogP contribution in [0, 0.1) is 0 Å². The van der Waals surface area contributed by atoms with Gasteiger partial charge in [0.05, 0.1) is 35.9 Å². The molecule has 1 aliphatic rings. The molecule has 0 unspecified atom stereocenters. The lowest BCUT2D eigenvalue weighted by atomic mass is 9.93. The van der Waals surface area contributed by atoms with Crippen LogP contribution in [-0.4, -0.2) is 45.3 Å². The molecule has 154 valence electrons. The van der Waals surface area contributed by atoms with E-state index >= 15 is 0 Å². The molecule has 9 heteroatoms. The van der Waals surface area contributed by atoms with Crippen molar-refractivity contribution < 1.29 is 5.11 Å². The zero-order chi connectivity index (χ0) is 20.8. The molecule has 0 spiro atoms. The minimum atomic E-state index is -0.274. The maximum Gasteiger partial charge on any atom is 0.261 e. The Kier molecular flexibility index (Phi) is 4.47. The van der Waals surface area contributed by atoms with E-state index in [-0.39, 0.29) is 17.7 Å². The normalized spacial score (nSPS) is 19.4. The smallest absolute Gasteiger partial charge is 0.261 e. The van der Waals surface area contributed by atoms with E-state index in [9.17, 15) is 9.90 Å². The van der Waals surface area contributed by atoms with Gasteiger partial charge in [-0.2, -0.15) is 10.2 Å². The number of nitrogens with zero attached hydrogens (tertiary/aromatic N) is 7. The van der Waals surface area contributed by atoms with Gasteiger partial charge in [0.2, 0.25) is 0 Å². The van der Waals surface area contributed by atoms with Crippen molar-refractivity contribution in [2.24, 2.45) is 14.1 Å². The number of aryl methyl sites for hydroxylation is 2. The van der Waals surface area contributed by atoms with Crippen molar-refractivity contribution in [2.75, 3.05) is 0 Å². The second kappa shape index (κ2) is 7.17. The van der Waals surface area contributed by atoms with Crippen molar-refractivity contribution in [1.82, 2.24) is 34.1 Å². The molecule has 5 rings (SSSR count). The van der Waals surface area contributed by atoms with Crippen LogP contribution in [-0.2, 0) is 14.1 Å². The van der Waals surface area contributed by atoms with Gasteiger partial charge in [-0.05, 0) is 31.7 Å². The molecule has 0 radical (unpaired) electrons. The summed E-state index contributed by atoms with van der Waals surface area (Å²) in [6.45, 7) is 0. The average Bonchev–Trinajstić information content (AvgIpc) is 3.37. The van der Waals surface area contributed by atoms with E-state index in [1.807, 2.05) is 26.5 Å². The Hall–Kier alpha value is -3.33. The van der Waals surface area contributed by atoms with Gasteiger partial charge in [0.15, 0.2) is 0 Å². The fraction of sp³-hybridized carbons (Fsp3) is 0.381. The molecule has 1 aliphatic carbocycles. The first kappa shape index (κ1) is 18.7. The van der Waals surface area contributed by atoms with E-state index in [0.29, 0.717) is 35.1 Å². The molecule has 0 atom stereocenters. The van der Waals surface area contributed by atoms with E-state index < -0.39 is 0 Å². The SMILES string of the molecule is Cn1cc(-c2cc3c(=O)n(C4CCC(O)CC4)cnc3c(-c3cnn(C)c3)n2)cn1. The summed E-state index contributed by atoms with van der Waals surface area (Å²) in [5.41, 5.74) is 3.42. The molecule has 0 bridgehead atoms. The predicted molar refractivity (Wildman–Crippen MR) is 112 cm³/mol. The monoisotopic (exact) mass is 405 g/mol. The second-order valence-corrected chi connectivity index (χ2v) is 7.98. The van der Waals surface area contributed by atoms with E-state index in [2.05, 4.69) is 15.2 Å². The van der Waals surface area contributed by atoms with E-state index in [1.165, 1.54) is 0 Å². The summed E-state index contributed by atoms with van der Waals surface area (Å²) < 4.78 is 5.13. The van der Waals surface area contributed by atoms with E-state index in [4.69, 9.17) is 4.98 Å². The Morgan fingerprint density at radius 3 is 2.30 bits per heavy atom. The second-order valence-electron chi connectivity index (χ2n) is 7.98. The Labute approximate surface area is 172 Å². The van der Waals surface area contributed by atoms with Gasteiger partial charge in [-0.25, -0.2) is 9.97 Å². The highest BCUT2D eigenvalue weighted by molar-refractivity contribution is 5.93. The number of aliphatic hydroxyl groups is 1. The molecule has 4 aromatic heterocycles. The summed E-state index contributed by atoms with van der Waals surface area (Å²) in [5, 5.41) is 18.8. The van der Waals surface area contributed by atoms with Crippen molar-refractivity contribution >= 4 is 10.9 Å². The molecule has 4 heterocycles. The number of aromatic nitrogens is 7. The maximum absolute atomic E-state index is 13.5. The molecular formula is C21H23N7O2. The molecule has 4 aromatic rings. The topological polar surface area (TPSA) is 104 Å². The van der Waals surface area contributed by atoms with Gasteiger partial charge in [0, 0.05) is 43.7 Å². The zero-order valence-corrected chi connectivity index (χ0v) is 16.9. The molecule has 0 aromatic carbocycles. The Balaban J connectivity index is 1.72. The highest BCUT2D eigenvalue weighted by atomic mass is 16.3. The van der Waals surface area contributed by atoms with Crippen LogP contribution in [0.1, 0.15) is 31.7 Å². The highest BCUT2D eigenvalue weighted by Gasteiger charge is 2.23. The van der Waals surface area contributed by atoms with E-state index in [0.717, 1.165) is 24.0 Å². The minimum absolute atomic E-state index is 0.0506. The Morgan fingerprint density at radius 1 is 1.00 bits per heavy atom. The van der Waals surface area contributed by atoms with Crippen LogP contribution in [0.3, 0.4) is 0 Å². The van der Waals surface area contributed by atoms with Gasteiger partial charge in [0.25, 0.3) is 5.56 Å². The van der Waals surface area contributed by atoms with Gasteiger partial charge in [-0.3, -0.25) is 18.7 Å². The van der Waals surface area contributed by atoms with Gasteiger partial charge in [-0.15, -0.1) is 0 Å². The summed E-state index contributed by atoms with van der Waals surface area (Å²) in [6.07, 6.45) is 11.5. The average molecular weight is 405 g/mol. The molecule has 1 N–H and O–H groups in total. The summed E-state index contributed by atoms with van der Waals surface area (Å²) >= 11 is 0. The Bertz CT molecular complexity index is 1280. The van der Waals surface area contributed by atoms with Crippen LogP contribution < -0.4 is 5.56 Å². The Morgan fingerprint density at radius 2 is 1.67 bits per heavy atom.